The number of esters is 1. The minimum absolute atomic E-state index is 0.0717. The largest absolute Gasteiger partial charge is 0.485 e. The van der Waals surface area contributed by atoms with Crippen LogP contribution in [0.25, 0.3) is 5.69 Å². The lowest BCUT2D eigenvalue weighted by molar-refractivity contribution is -0.145. The Labute approximate surface area is 247 Å². The highest BCUT2D eigenvalue weighted by Gasteiger charge is 2.45. The molecule has 2 aliphatic rings. The number of hydrogen-bond acceptors (Lipinski definition) is 9. The third-order valence-electron chi connectivity index (χ3n) is 7.59. The van der Waals surface area contributed by atoms with Gasteiger partial charge in [0.2, 0.25) is 15.8 Å². The standard InChI is InChI=1S/C29H33F2N5O6S/c1-2-26(37)41-18-29(6-7-29)19-42-27-25(16-33-36(28(27)38)24-14-21(30)13-22(31)15-24)34-8-10-35(11-9-34)43(39,40)17-20-4-3-5-23(32)12-20/h3-5,12-16H,2,6-11,17-19,32H2,1H3. The summed E-state index contributed by atoms with van der Waals surface area (Å²) in [5, 5.41) is 4.17. The molecule has 1 saturated heterocycles. The van der Waals surface area contributed by atoms with Gasteiger partial charge in [0.25, 0.3) is 0 Å². The van der Waals surface area contributed by atoms with Crippen LogP contribution in [0.15, 0.2) is 53.5 Å². The Bertz CT molecular complexity index is 1650. The van der Waals surface area contributed by atoms with Crippen molar-refractivity contribution < 1.29 is 31.5 Å². The maximum absolute atomic E-state index is 14.0. The Morgan fingerprint density at radius 1 is 1.05 bits per heavy atom. The molecule has 0 bridgehead atoms. The van der Waals surface area contributed by atoms with Crippen molar-refractivity contribution in [2.45, 2.75) is 31.9 Å². The van der Waals surface area contributed by atoms with Crippen molar-refractivity contribution in [2.24, 2.45) is 5.41 Å². The Morgan fingerprint density at radius 2 is 1.74 bits per heavy atom. The van der Waals surface area contributed by atoms with E-state index < -0.39 is 32.6 Å². The molecule has 1 aliphatic heterocycles. The van der Waals surface area contributed by atoms with Crippen molar-refractivity contribution in [3.63, 3.8) is 0 Å². The van der Waals surface area contributed by atoms with Crippen molar-refractivity contribution in [2.75, 3.05) is 50.0 Å². The molecule has 2 fully saturated rings. The van der Waals surface area contributed by atoms with Gasteiger partial charge in [0.05, 0.1) is 24.2 Å². The molecule has 2 aromatic carbocycles. The summed E-state index contributed by atoms with van der Waals surface area (Å²) in [4.78, 5) is 27.2. The molecule has 1 aliphatic carbocycles. The second-order valence-corrected chi connectivity index (χ2v) is 12.9. The van der Waals surface area contributed by atoms with Crippen molar-refractivity contribution in [1.29, 1.82) is 0 Å². The molecule has 1 saturated carbocycles. The van der Waals surface area contributed by atoms with Gasteiger partial charge < -0.3 is 20.1 Å². The molecule has 5 rings (SSSR count). The van der Waals surface area contributed by atoms with E-state index in [-0.39, 0.29) is 69.0 Å². The van der Waals surface area contributed by atoms with Gasteiger partial charge in [-0.1, -0.05) is 19.1 Å². The van der Waals surface area contributed by atoms with Crippen LogP contribution >= 0.6 is 0 Å². The molecule has 1 aromatic heterocycles. The number of ether oxygens (including phenoxy) is 2. The number of carbonyl (C=O) groups is 1. The van der Waals surface area contributed by atoms with Crippen LogP contribution in [0, 0.1) is 17.0 Å². The predicted octanol–water partition coefficient (Wildman–Crippen LogP) is 2.86. The number of nitrogens with zero attached hydrogens (tertiary/aromatic N) is 4. The Hall–Kier alpha value is -4.04. The molecule has 43 heavy (non-hydrogen) atoms. The number of benzene rings is 2. The third kappa shape index (κ3) is 7.13. The van der Waals surface area contributed by atoms with Crippen LogP contribution in [0.5, 0.6) is 5.75 Å². The van der Waals surface area contributed by atoms with Gasteiger partial charge in [-0.15, -0.1) is 0 Å². The number of halogens is 2. The number of hydrogen-bond donors (Lipinski definition) is 1. The molecule has 0 amide bonds. The average Bonchev–Trinajstić information content (AvgIpc) is 3.74. The predicted molar refractivity (Wildman–Crippen MR) is 155 cm³/mol. The highest BCUT2D eigenvalue weighted by Crippen LogP contribution is 2.46. The second-order valence-electron chi connectivity index (χ2n) is 10.9. The Kier molecular flexibility index (Phi) is 8.69. The van der Waals surface area contributed by atoms with Crippen LogP contribution in [0.3, 0.4) is 0 Å². The average molecular weight is 618 g/mol. The number of nitrogens with two attached hydrogens (primary N) is 1. The molecule has 0 atom stereocenters. The van der Waals surface area contributed by atoms with Crippen molar-refractivity contribution in [1.82, 2.24) is 14.1 Å². The number of rotatable bonds is 11. The zero-order valence-corrected chi connectivity index (χ0v) is 24.5. The molecular weight excluding hydrogens is 584 g/mol. The fraction of sp³-hybridized carbons (Fsp3) is 0.414. The molecule has 3 aromatic rings. The summed E-state index contributed by atoms with van der Waals surface area (Å²) in [6.07, 6.45) is 3.07. The maximum atomic E-state index is 14.0. The van der Waals surface area contributed by atoms with Crippen LogP contribution in [0.2, 0.25) is 0 Å². The molecule has 14 heteroatoms. The van der Waals surface area contributed by atoms with Gasteiger partial charge in [-0.3, -0.25) is 9.59 Å². The van der Waals surface area contributed by atoms with E-state index in [1.54, 1.807) is 36.1 Å². The van der Waals surface area contributed by atoms with Crippen LogP contribution in [0.1, 0.15) is 31.7 Å². The highest BCUT2D eigenvalue weighted by molar-refractivity contribution is 7.88. The first-order valence-corrected chi connectivity index (χ1v) is 15.5. The van der Waals surface area contributed by atoms with Gasteiger partial charge in [-0.05, 0) is 42.7 Å². The molecule has 2 heterocycles. The van der Waals surface area contributed by atoms with E-state index in [0.717, 1.165) is 29.7 Å². The van der Waals surface area contributed by atoms with E-state index in [9.17, 15) is 26.8 Å². The number of nitrogen functional groups attached to an aromatic ring is 1. The van der Waals surface area contributed by atoms with E-state index in [1.807, 2.05) is 0 Å². The summed E-state index contributed by atoms with van der Waals surface area (Å²) in [6.45, 7) is 2.70. The summed E-state index contributed by atoms with van der Waals surface area (Å²) in [5.41, 5.74) is 5.89. The van der Waals surface area contributed by atoms with Crippen molar-refractivity contribution >= 4 is 27.4 Å². The number of aromatic nitrogens is 2. The summed E-state index contributed by atoms with van der Waals surface area (Å²) in [6, 6.07) is 9.37. The van der Waals surface area contributed by atoms with Crippen molar-refractivity contribution in [3.05, 3.63) is 76.2 Å². The van der Waals surface area contributed by atoms with Crippen LogP contribution in [0.4, 0.5) is 20.2 Å². The van der Waals surface area contributed by atoms with Crippen LogP contribution in [-0.2, 0) is 25.3 Å². The first kappa shape index (κ1) is 30.4. The zero-order valence-electron chi connectivity index (χ0n) is 23.7. The van der Waals surface area contributed by atoms with E-state index in [2.05, 4.69) is 5.10 Å². The number of piperazine rings is 1. The molecule has 0 radical (unpaired) electrons. The first-order chi connectivity index (χ1) is 20.5. The SMILES string of the molecule is CCC(=O)OCC1(COc2c(N3CCN(S(=O)(=O)Cc4cccc(N)c4)CC3)cnn(-c3cc(F)cc(F)c3)c2=O)CC1. The third-order valence-corrected chi connectivity index (χ3v) is 9.44. The number of carbonyl (C=O) groups excluding carboxylic acids is 1. The highest BCUT2D eigenvalue weighted by atomic mass is 32.2. The summed E-state index contributed by atoms with van der Waals surface area (Å²) < 4.78 is 67.8. The van der Waals surface area contributed by atoms with Gasteiger partial charge >= 0.3 is 11.5 Å². The normalized spacial score (nSPS) is 16.6. The molecule has 0 spiro atoms. The van der Waals surface area contributed by atoms with E-state index in [1.165, 1.54) is 10.5 Å². The minimum Gasteiger partial charge on any atom is -0.485 e. The van der Waals surface area contributed by atoms with E-state index >= 15 is 0 Å². The van der Waals surface area contributed by atoms with Crippen molar-refractivity contribution in [3.8, 4) is 11.4 Å². The Balaban J connectivity index is 1.38. The first-order valence-electron chi connectivity index (χ1n) is 13.9. The van der Waals surface area contributed by atoms with Gasteiger partial charge in [0, 0.05) is 49.8 Å². The minimum atomic E-state index is -3.64. The molecule has 230 valence electrons. The Morgan fingerprint density at radius 3 is 2.37 bits per heavy atom. The zero-order chi connectivity index (χ0) is 30.8. The lowest BCUT2D eigenvalue weighted by Crippen LogP contribution is -2.49. The quantitative estimate of drug-likeness (QED) is 0.254. The smallest absolute Gasteiger partial charge is 0.316 e. The molecule has 2 N–H and O–H groups in total. The molecular formula is C29H33F2N5O6S. The summed E-state index contributed by atoms with van der Waals surface area (Å²) >= 11 is 0. The van der Waals surface area contributed by atoms with Gasteiger partial charge in [0.15, 0.2) is 0 Å². The molecule has 0 unspecified atom stereocenters. The molecule has 11 nitrogen and oxygen atoms in total. The fourth-order valence-electron chi connectivity index (χ4n) is 4.90. The van der Waals surface area contributed by atoms with E-state index in [0.29, 0.717) is 23.0 Å². The lowest BCUT2D eigenvalue weighted by atomic mass is 10.1. The summed E-state index contributed by atoms with van der Waals surface area (Å²) in [7, 11) is -3.64. The van der Waals surface area contributed by atoms with Crippen LogP contribution < -0.4 is 20.9 Å². The van der Waals surface area contributed by atoms with Gasteiger partial charge in [0.1, 0.15) is 23.9 Å². The topological polar surface area (TPSA) is 137 Å². The lowest BCUT2D eigenvalue weighted by Gasteiger charge is -2.35. The number of anilines is 2. The van der Waals surface area contributed by atoms with Crippen LogP contribution in [-0.4, -0.2) is 67.9 Å². The fourth-order valence-corrected chi connectivity index (χ4v) is 6.40. The number of sulfonamides is 1. The van der Waals surface area contributed by atoms with Gasteiger partial charge in [-0.2, -0.15) is 14.1 Å². The second kappa shape index (κ2) is 12.3. The van der Waals surface area contributed by atoms with E-state index in [4.69, 9.17) is 15.2 Å². The monoisotopic (exact) mass is 617 g/mol. The maximum Gasteiger partial charge on any atom is 0.316 e. The summed E-state index contributed by atoms with van der Waals surface area (Å²) in [5.74, 6) is -2.38. The van der Waals surface area contributed by atoms with Gasteiger partial charge in [-0.25, -0.2) is 17.2 Å².